The van der Waals surface area contributed by atoms with Crippen LogP contribution in [0.3, 0.4) is 0 Å². The van der Waals surface area contributed by atoms with Gasteiger partial charge in [-0.1, -0.05) is 60.6 Å². The van der Waals surface area contributed by atoms with E-state index >= 15 is 0 Å². The highest BCUT2D eigenvalue weighted by molar-refractivity contribution is 6.30. The highest BCUT2D eigenvalue weighted by Crippen LogP contribution is 2.44. The van der Waals surface area contributed by atoms with Crippen molar-refractivity contribution in [1.29, 1.82) is 0 Å². The molecule has 1 heterocycles. The molecule has 1 saturated heterocycles. The number of likely N-dealkylation sites (tertiary alicyclic amines) is 1. The van der Waals surface area contributed by atoms with Crippen LogP contribution >= 0.6 is 11.6 Å². The zero-order chi connectivity index (χ0) is 22.7. The second kappa shape index (κ2) is 8.89. The Hall–Kier alpha value is -3.57. The summed E-state index contributed by atoms with van der Waals surface area (Å²) in [4.78, 5) is 28.5. The van der Waals surface area contributed by atoms with Gasteiger partial charge in [0.15, 0.2) is 5.54 Å². The number of benzene rings is 3. The Morgan fingerprint density at radius 1 is 1.00 bits per heavy atom. The molecule has 0 spiro atoms. The van der Waals surface area contributed by atoms with Gasteiger partial charge in [-0.2, -0.15) is 0 Å². The highest BCUT2D eigenvalue weighted by atomic mass is 35.5. The molecule has 0 aliphatic carbocycles. The monoisotopic (exact) mass is 447 g/mol. The topological polar surface area (TPSA) is 55.8 Å². The van der Waals surface area contributed by atoms with Gasteiger partial charge in [-0.15, -0.1) is 0 Å². The molecule has 0 radical (unpaired) electrons. The second-order valence-electron chi connectivity index (χ2n) is 7.59. The number of hydrogen-bond acceptors (Lipinski definition) is 4. The van der Waals surface area contributed by atoms with Gasteiger partial charge in [-0.25, -0.2) is 4.79 Å². The van der Waals surface area contributed by atoms with Crippen LogP contribution in [0, 0.1) is 0 Å². The predicted molar refractivity (Wildman–Crippen MR) is 123 cm³/mol. The van der Waals surface area contributed by atoms with Crippen LogP contribution in [-0.2, 0) is 21.7 Å². The second-order valence-corrected chi connectivity index (χ2v) is 8.03. The Morgan fingerprint density at radius 2 is 1.62 bits per heavy atom. The first-order valence-electron chi connectivity index (χ1n) is 10.1. The molecule has 3 aromatic rings. The van der Waals surface area contributed by atoms with Crippen LogP contribution in [-0.4, -0.2) is 23.9 Å². The van der Waals surface area contributed by atoms with E-state index in [1.54, 1.807) is 36.3 Å². The Bertz CT molecular complexity index is 1140. The molecule has 0 bridgehead atoms. The summed E-state index contributed by atoms with van der Waals surface area (Å²) < 4.78 is 11.0. The first-order valence-corrected chi connectivity index (χ1v) is 10.5. The van der Waals surface area contributed by atoms with E-state index in [1.165, 1.54) is 0 Å². The lowest BCUT2D eigenvalue weighted by molar-refractivity contribution is -0.153. The fraction of sp³-hybridized carbons (Fsp3) is 0.154. The summed E-state index contributed by atoms with van der Waals surface area (Å²) in [6, 6.07) is 23.1. The van der Waals surface area contributed by atoms with Crippen molar-refractivity contribution >= 4 is 23.5 Å². The number of methoxy groups -OCH3 is 1. The minimum absolute atomic E-state index is 0.137. The van der Waals surface area contributed by atoms with E-state index in [0.717, 1.165) is 5.56 Å². The van der Waals surface area contributed by atoms with E-state index in [0.29, 0.717) is 27.7 Å². The summed E-state index contributed by atoms with van der Waals surface area (Å²) >= 11 is 5.96. The molecule has 3 aromatic carbocycles. The Balaban J connectivity index is 1.77. The fourth-order valence-electron chi connectivity index (χ4n) is 3.93. The Labute approximate surface area is 191 Å². The molecule has 1 aliphatic rings. The van der Waals surface area contributed by atoms with Crippen LogP contribution in [0.5, 0.6) is 11.5 Å². The van der Waals surface area contributed by atoms with Gasteiger partial charge in [-0.05, 0) is 47.5 Å². The van der Waals surface area contributed by atoms with Gasteiger partial charge < -0.3 is 14.4 Å². The normalized spacial score (nSPS) is 18.0. The van der Waals surface area contributed by atoms with Crippen molar-refractivity contribution in [1.82, 2.24) is 4.90 Å². The SMILES string of the molecule is C=C1C[C@@](C(=O)Oc2ccc(Cl)cc2)(c2ccccc2)N(Cc2ccc(OC)cc2)C1=O. The molecule has 0 saturated carbocycles. The van der Waals surface area contributed by atoms with Gasteiger partial charge in [0.05, 0.1) is 7.11 Å². The molecule has 6 heteroatoms. The van der Waals surface area contributed by atoms with E-state index in [4.69, 9.17) is 21.1 Å². The van der Waals surface area contributed by atoms with E-state index in [-0.39, 0.29) is 18.9 Å². The molecule has 0 aromatic heterocycles. The third-order valence-electron chi connectivity index (χ3n) is 5.59. The zero-order valence-corrected chi connectivity index (χ0v) is 18.3. The van der Waals surface area contributed by atoms with Crippen molar-refractivity contribution in [2.24, 2.45) is 0 Å². The average Bonchev–Trinajstić information content (AvgIpc) is 3.07. The van der Waals surface area contributed by atoms with Gasteiger partial charge in [-0.3, -0.25) is 4.79 Å². The maximum absolute atomic E-state index is 13.7. The van der Waals surface area contributed by atoms with Gasteiger partial charge in [0.1, 0.15) is 11.5 Å². The van der Waals surface area contributed by atoms with Gasteiger partial charge in [0, 0.05) is 23.6 Å². The minimum atomic E-state index is -1.34. The van der Waals surface area contributed by atoms with E-state index in [1.807, 2.05) is 54.6 Å². The molecule has 0 unspecified atom stereocenters. The molecule has 1 fully saturated rings. The molecule has 0 N–H and O–H groups in total. The van der Waals surface area contributed by atoms with Crippen LogP contribution in [0.4, 0.5) is 0 Å². The summed E-state index contributed by atoms with van der Waals surface area (Å²) in [5.41, 5.74) is 0.540. The molecule has 32 heavy (non-hydrogen) atoms. The van der Waals surface area contributed by atoms with E-state index < -0.39 is 11.5 Å². The molecule has 4 rings (SSSR count). The first kappa shape index (κ1) is 21.7. The zero-order valence-electron chi connectivity index (χ0n) is 17.6. The summed E-state index contributed by atoms with van der Waals surface area (Å²) in [7, 11) is 1.59. The number of carbonyl (C=O) groups excluding carboxylic acids is 2. The maximum atomic E-state index is 13.7. The average molecular weight is 448 g/mol. The van der Waals surface area contributed by atoms with Gasteiger partial charge in [0.25, 0.3) is 5.91 Å². The number of rotatable bonds is 6. The number of esters is 1. The smallest absolute Gasteiger partial charge is 0.342 e. The van der Waals surface area contributed by atoms with Crippen LogP contribution < -0.4 is 9.47 Å². The van der Waals surface area contributed by atoms with Crippen molar-refractivity contribution in [2.45, 2.75) is 18.5 Å². The lowest BCUT2D eigenvalue weighted by Gasteiger charge is -2.36. The standard InChI is InChI=1S/C26H22ClNO4/c1-18-16-26(20-6-4-3-5-7-20,25(30)32-23-14-10-21(27)11-15-23)28(24(18)29)17-19-8-12-22(31-2)13-9-19/h3-15H,1,16-17H2,2H3/t26-/m0/s1. The van der Waals surface area contributed by atoms with Crippen molar-refractivity contribution in [3.8, 4) is 11.5 Å². The molecule has 1 aliphatic heterocycles. The minimum Gasteiger partial charge on any atom is -0.497 e. The molecule has 162 valence electrons. The van der Waals surface area contributed by atoms with Crippen molar-refractivity contribution in [3.05, 3.63) is 107 Å². The highest BCUT2D eigenvalue weighted by Gasteiger charge is 2.55. The van der Waals surface area contributed by atoms with Gasteiger partial charge >= 0.3 is 5.97 Å². The molecule has 1 atom stereocenters. The summed E-state index contributed by atoms with van der Waals surface area (Å²) in [6.45, 7) is 4.15. The molecule has 5 nitrogen and oxygen atoms in total. The lowest BCUT2D eigenvalue weighted by Crippen LogP contribution is -2.50. The number of halogens is 1. The predicted octanol–water partition coefficient (Wildman–Crippen LogP) is 5.14. The number of ether oxygens (including phenoxy) is 2. The van der Waals surface area contributed by atoms with Crippen LogP contribution in [0.25, 0.3) is 0 Å². The van der Waals surface area contributed by atoms with Crippen molar-refractivity contribution < 1.29 is 19.1 Å². The van der Waals surface area contributed by atoms with E-state index in [9.17, 15) is 9.59 Å². The third-order valence-corrected chi connectivity index (χ3v) is 5.84. The molecular weight excluding hydrogens is 426 g/mol. The number of nitrogens with zero attached hydrogens (tertiary/aromatic N) is 1. The van der Waals surface area contributed by atoms with Crippen LogP contribution in [0.1, 0.15) is 17.5 Å². The van der Waals surface area contributed by atoms with Crippen LogP contribution in [0.2, 0.25) is 5.02 Å². The van der Waals surface area contributed by atoms with Gasteiger partial charge in [0.2, 0.25) is 0 Å². The number of carbonyl (C=O) groups is 2. The molecule has 1 amide bonds. The fourth-order valence-corrected chi connectivity index (χ4v) is 4.06. The third kappa shape index (κ3) is 3.99. The number of hydrogen-bond donors (Lipinski definition) is 0. The summed E-state index contributed by atoms with van der Waals surface area (Å²) in [5.74, 6) is 0.232. The number of amides is 1. The Kier molecular flexibility index (Phi) is 6.01. The lowest BCUT2D eigenvalue weighted by atomic mass is 9.86. The summed E-state index contributed by atoms with van der Waals surface area (Å²) in [6.07, 6.45) is 0.137. The first-order chi connectivity index (χ1) is 15.4. The quantitative estimate of drug-likeness (QED) is 0.298. The van der Waals surface area contributed by atoms with Crippen LogP contribution in [0.15, 0.2) is 91.0 Å². The summed E-state index contributed by atoms with van der Waals surface area (Å²) in [5, 5.41) is 0.535. The molecular formula is C26H22ClNO4. The van der Waals surface area contributed by atoms with Crippen molar-refractivity contribution in [2.75, 3.05) is 7.11 Å². The van der Waals surface area contributed by atoms with Crippen molar-refractivity contribution in [3.63, 3.8) is 0 Å². The maximum Gasteiger partial charge on any atom is 0.342 e. The Morgan fingerprint density at radius 3 is 2.25 bits per heavy atom. The van der Waals surface area contributed by atoms with E-state index in [2.05, 4.69) is 6.58 Å². The largest absolute Gasteiger partial charge is 0.497 e.